The summed E-state index contributed by atoms with van der Waals surface area (Å²) in [5.74, 6) is 0. The average Bonchev–Trinajstić information content (AvgIpc) is 2.30. The molecule has 0 saturated heterocycles. The van der Waals surface area contributed by atoms with E-state index in [9.17, 15) is 0 Å². The molecule has 0 aliphatic rings. The molecule has 90 valence electrons. The van der Waals surface area contributed by atoms with Crippen molar-refractivity contribution in [2.24, 2.45) is 0 Å². The van der Waals surface area contributed by atoms with Gasteiger partial charge < -0.3 is 10.1 Å². The van der Waals surface area contributed by atoms with Crippen LogP contribution >= 0.6 is 0 Å². The number of nitrogens with one attached hydrogen (secondary N) is 1. The highest BCUT2D eigenvalue weighted by Gasteiger charge is 2.12. The van der Waals surface area contributed by atoms with Gasteiger partial charge in [-0.05, 0) is 38.4 Å². The fraction of sp³-hybridized carbons (Fsp3) is 0.571. The van der Waals surface area contributed by atoms with Crippen LogP contribution in [0, 0.1) is 0 Å². The van der Waals surface area contributed by atoms with Crippen LogP contribution in [0.25, 0.3) is 0 Å². The molecule has 0 bridgehead atoms. The standard InChI is InChI=1S/C14H23NO/c1-5-12-8-6-7-9-13(12)14(15-4)10-16-11(2)3/h6-9,11,14-15H,5,10H2,1-4H3. The Morgan fingerprint density at radius 1 is 1.25 bits per heavy atom. The highest BCUT2D eigenvalue weighted by atomic mass is 16.5. The molecule has 0 aliphatic heterocycles. The van der Waals surface area contributed by atoms with Crippen molar-refractivity contribution in [2.45, 2.75) is 39.3 Å². The zero-order valence-electron chi connectivity index (χ0n) is 10.8. The second kappa shape index (κ2) is 6.66. The molecule has 2 nitrogen and oxygen atoms in total. The summed E-state index contributed by atoms with van der Waals surface area (Å²) in [6, 6.07) is 8.85. The first-order chi connectivity index (χ1) is 7.69. The number of rotatable bonds is 6. The number of hydrogen-bond donors (Lipinski definition) is 1. The molecular formula is C14H23NO. The quantitative estimate of drug-likeness (QED) is 0.797. The number of likely N-dealkylation sites (N-methyl/N-ethyl adjacent to an activating group) is 1. The first-order valence-corrected chi connectivity index (χ1v) is 6.05. The molecule has 1 unspecified atom stereocenters. The molecule has 0 spiro atoms. The summed E-state index contributed by atoms with van der Waals surface area (Å²) in [5, 5.41) is 3.32. The van der Waals surface area contributed by atoms with Crippen molar-refractivity contribution < 1.29 is 4.74 Å². The lowest BCUT2D eigenvalue weighted by Gasteiger charge is -2.21. The first-order valence-electron chi connectivity index (χ1n) is 6.05. The maximum Gasteiger partial charge on any atom is 0.0664 e. The van der Waals surface area contributed by atoms with E-state index in [1.807, 2.05) is 7.05 Å². The van der Waals surface area contributed by atoms with E-state index in [1.165, 1.54) is 11.1 Å². The highest BCUT2D eigenvalue weighted by Crippen LogP contribution is 2.19. The number of hydrogen-bond acceptors (Lipinski definition) is 2. The van der Waals surface area contributed by atoms with Crippen LogP contribution in [0.5, 0.6) is 0 Å². The van der Waals surface area contributed by atoms with Gasteiger partial charge in [0.25, 0.3) is 0 Å². The zero-order valence-corrected chi connectivity index (χ0v) is 10.8. The summed E-state index contributed by atoms with van der Waals surface area (Å²) in [5.41, 5.74) is 2.75. The predicted octanol–water partition coefficient (Wildman–Crippen LogP) is 2.93. The van der Waals surface area contributed by atoms with E-state index in [2.05, 4.69) is 50.4 Å². The van der Waals surface area contributed by atoms with Crippen molar-refractivity contribution in [3.63, 3.8) is 0 Å². The summed E-state index contributed by atoms with van der Waals surface area (Å²) >= 11 is 0. The molecule has 1 atom stereocenters. The van der Waals surface area contributed by atoms with Crippen LogP contribution < -0.4 is 5.32 Å². The van der Waals surface area contributed by atoms with Crippen molar-refractivity contribution in [2.75, 3.05) is 13.7 Å². The maximum atomic E-state index is 5.69. The van der Waals surface area contributed by atoms with Crippen molar-refractivity contribution in [1.82, 2.24) is 5.32 Å². The van der Waals surface area contributed by atoms with Gasteiger partial charge in [-0.25, -0.2) is 0 Å². The first kappa shape index (κ1) is 13.2. The molecule has 16 heavy (non-hydrogen) atoms. The van der Waals surface area contributed by atoms with Crippen LogP contribution in [-0.4, -0.2) is 19.8 Å². The zero-order chi connectivity index (χ0) is 12.0. The Bertz CT molecular complexity index is 309. The minimum Gasteiger partial charge on any atom is -0.377 e. The van der Waals surface area contributed by atoms with Gasteiger partial charge in [0.15, 0.2) is 0 Å². The van der Waals surface area contributed by atoms with Gasteiger partial charge >= 0.3 is 0 Å². The summed E-state index contributed by atoms with van der Waals surface area (Å²) in [6.07, 6.45) is 1.35. The van der Waals surface area contributed by atoms with Crippen LogP contribution in [-0.2, 0) is 11.2 Å². The third kappa shape index (κ3) is 3.62. The second-order valence-corrected chi connectivity index (χ2v) is 4.28. The molecule has 0 amide bonds. The van der Waals surface area contributed by atoms with Crippen molar-refractivity contribution >= 4 is 0 Å². The average molecular weight is 221 g/mol. The van der Waals surface area contributed by atoms with Crippen molar-refractivity contribution in [3.05, 3.63) is 35.4 Å². The molecular weight excluding hydrogens is 198 g/mol. The Morgan fingerprint density at radius 3 is 2.50 bits per heavy atom. The number of benzene rings is 1. The van der Waals surface area contributed by atoms with Crippen LogP contribution in [0.4, 0.5) is 0 Å². The molecule has 0 fully saturated rings. The van der Waals surface area contributed by atoms with Gasteiger partial charge in [-0.2, -0.15) is 0 Å². The highest BCUT2D eigenvalue weighted by molar-refractivity contribution is 5.30. The van der Waals surface area contributed by atoms with E-state index in [0.717, 1.165) is 13.0 Å². The monoisotopic (exact) mass is 221 g/mol. The van der Waals surface area contributed by atoms with Crippen molar-refractivity contribution in [3.8, 4) is 0 Å². The summed E-state index contributed by atoms with van der Waals surface area (Å²) in [6.45, 7) is 7.05. The SMILES string of the molecule is CCc1ccccc1C(COC(C)C)NC. The largest absolute Gasteiger partial charge is 0.377 e. The van der Waals surface area contributed by atoms with E-state index < -0.39 is 0 Å². The van der Waals surface area contributed by atoms with Gasteiger partial charge in [0.05, 0.1) is 18.8 Å². The Balaban J connectivity index is 2.77. The van der Waals surface area contributed by atoms with Crippen LogP contribution in [0.1, 0.15) is 37.9 Å². The van der Waals surface area contributed by atoms with E-state index in [-0.39, 0.29) is 6.10 Å². The van der Waals surface area contributed by atoms with Crippen molar-refractivity contribution in [1.29, 1.82) is 0 Å². The minimum atomic E-state index is 0.282. The number of aryl methyl sites for hydroxylation is 1. The lowest BCUT2D eigenvalue weighted by molar-refractivity contribution is 0.0624. The van der Waals surface area contributed by atoms with Crippen LogP contribution in [0.15, 0.2) is 24.3 Å². The number of ether oxygens (including phenoxy) is 1. The third-order valence-corrected chi connectivity index (χ3v) is 2.76. The Hall–Kier alpha value is -0.860. The maximum absolute atomic E-state index is 5.69. The molecule has 0 heterocycles. The van der Waals surface area contributed by atoms with E-state index in [1.54, 1.807) is 0 Å². The van der Waals surface area contributed by atoms with Gasteiger partial charge in [-0.1, -0.05) is 31.2 Å². The molecule has 0 saturated carbocycles. The predicted molar refractivity (Wildman–Crippen MR) is 68.7 cm³/mol. The van der Waals surface area contributed by atoms with E-state index >= 15 is 0 Å². The van der Waals surface area contributed by atoms with E-state index in [4.69, 9.17) is 4.74 Å². The second-order valence-electron chi connectivity index (χ2n) is 4.28. The molecule has 2 heteroatoms. The van der Waals surface area contributed by atoms with Gasteiger partial charge in [0.2, 0.25) is 0 Å². The topological polar surface area (TPSA) is 21.3 Å². The molecule has 1 aromatic carbocycles. The van der Waals surface area contributed by atoms with Gasteiger partial charge in [0.1, 0.15) is 0 Å². The summed E-state index contributed by atoms with van der Waals surface area (Å²) in [7, 11) is 1.99. The lowest BCUT2D eigenvalue weighted by atomic mass is 9.99. The van der Waals surface area contributed by atoms with Gasteiger partial charge in [0, 0.05) is 0 Å². The molecule has 0 aromatic heterocycles. The Labute approximate surface area is 99.0 Å². The van der Waals surface area contributed by atoms with E-state index in [0.29, 0.717) is 6.04 Å². The molecule has 1 N–H and O–H groups in total. The Kier molecular flexibility index (Phi) is 5.50. The molecule has 1 aromatic rings. The summed E-state index contributed by atoms with van der Waals surface area (Å²) < 4.78 is 5.69. The van der Waals surface area contributed by atoms with Crippen LogP contribution in [0.2, 0.25) is 0 Å². The fourth-order valence-corrected chi connectivity index (χ4v) is 1.81. The smallest absolute Gasteiger partial charge is 0.0664 e. The minimum absolute atomic E-state index is 0.282. The molecule has 0 aliphatic carbocycles. The third-order valence-electron chi connectivity index (χ3n) is 2.76. The Morgan fingerprint density at radius 2 is 1.94 bits per heavy atom. The molecule has 0 radical (unpaired) electrons. The van der Waals surface area contributed by atoms with Gasteiger partial charge in [-0.3, -0.25) is 0 Å². The van der Waals surface area contributed by atoms with Crippen LogP contribution in [0.3, 0.4) is 0 Å². The summed E-state index contributed by atoms with van der Waals surface area (Å²) in [4.78, 5) is 0. The normalized spacial score (nSPS) is 13.1. The molecule has 1 rings (SSSR count). The van der Waals surface area contributed by atoms with Gasteiger partial charge in [-0.15, -0.1) is 0 Å². The lowest BCUT2D eigenvalue weighted by Crippen LogP contribution is -2.24. The fourth-order valence-electron chi connectivity index (χ4n) is 1.81.